The Hall–Kier alpha value is -6.17. The van der Waals surface area contributed by atoms with E-state index in [1.807, 2.05) is 78.9 Å². The fraction of sp³-hybridized carbons (Fsp3) is 0.293. The Morgan fingerprint density at radius 2 is 1.43 bits per heavy atom. The lowest BCUT2D eigenvalue weighted by Crippen LogP contribution is -2.57. The van der Waals surface area contributed by atoms with Crippen molar-refractivity contribution in [1.29, 1.82) is 0 Å². The second kappa shape index (κ2) is 17.4. The van der Waals surface area contributed by atoms with Crippen LogP contribution in [0.4, 0.5) is 4.79 Å². The normalized spacial score (nSPS) is 18.3. The molecule has 5 amide bonds. The van der Waals surface area contributed by atoms with Gasteiger partial charge in [-0.3, -0.25) is 19.2 Å². The average Bonchev–Trinajstić information content (AvgIpc) is 3.49. The molecule has 12 heteroatoms. The summed E-state index contributed by atoms with van der Waals surface area (Å²) in [5.74, 6) is -2.25. The van der Waals surface area contributed by atoms with Gasteiger partial charge in [0.2, 0.25) is 23.6 Å². The highest BCUT2D eigenvalue weighted by Crippen LogP contribution is 2.44. The molecule has 0 saturated carbocycles. The van der Waals surface area contributed by atoms with Crippen molar-refractivity contribution in [2.75, 3.05) is 19.7 Å². The average molecular weight is 718 g/mol. The zero-order chi connectivity index (χ0) is 37.2. The number of alkyl carbamates (subject to hydrolysis) is 1. The van der Waals surface area contributed by atoms with Crippen molar-refractivity contribution in [3.8, 4) is 16.9 Å². The molecular weight excluding hydrogens is 674 g/mol. The van der Waals surface area contributed by atoms with Crippen LogP contribution in [0.1, 0.15) is 47.4 Å². The van der Waals surface area contributed by atoms with Crippen molar-refractivity contribution in [2.24, 2.45) is 0 Å². The molecule has 1 aliphatic carbocycles. The first kappa shape index (κ1) is 36.6. The summed E-state index contributed by atoms with van der Waals surface area (Å²) in [5, 5.41) is 23.4. The molecule has 2 aliphatic rings. The Morgan fingerprint density at radius 3 is 2.13 bits per heavy atom. The quantitative estimate of drug-likeness (QED) is 0.154. The number of carbonyl (C=O) groups is 5. The topological polar surface area (TPSA) is 175 Å². The molecule has 1 heterocycles. The third-order valence-corrected chi connectivity index (χ3v) is 9.54. The van der Waals surface area contributed by atoms with E-state index in [4.69, 9.17) is 4.74 Å². The first-order valence-electron chi connectivity index (χ1n) is 17.8. The molecule has 1 fully saturated rings. The Morgan fingerprint density at radius 1 is 0.774 bits per heavy atom. The molecule has 3 atom stereocenters. The molecule has 0 radical (unpaired) electrons. The van der Waals surface area contributed by atoms with Crippen LogP contribution in [0.2, 0.25) is 0 Å². The second-order valence-corrected chi connectivity index (χ2v) is 13.3. The Balaban J connectivity index is 1.17. The number of ether oxygens (including phenoxy) is 1. The monoisotopic (exact) mass is 717 g/mol. The number of phenolic OH excluding ortho intramolecular Hbond substituents is 1. The summed E-state index contributed by atoms with van der Waals surface area (Å²) in [5.41, 5.74) is 5.74. The van der Waals surface area contributed by atoms with E-state index in [0.717, 1.165) is 27.8 Å². The number of rotatable bonds is 9. The van der Waals surface area contributed by atoms with Gasteiger partial charge in [-0.2, -0.15) is 0 Å². The third-order valence-electron chi connectivity index (χ3n) is 9.54. The second-order valence-electron chi connectivity index (χ2n) is 13.3. The predicted octanol–water partition coefficient (Wildman–Crippen LogP) is 3.47. The molecule has 6 rings (SSSR count). The van der Waals surface area contributed by atoms with Crippen molar-refractivity contribution in [3.63, 3.8) is 0 Å². The Kier molecular flexibility index (Phi) is 12.0. The molecule has 4 aromatic carbocycles. The van der Waals surface area contributed by atoms with Gasteiger partial charge in [-0.25, -0.2) is 4.79 Å². The summed E-state index contributed by atoms with van der Waals surface area (Å²) >= 11 is 0. The number of amides is 5. The van der Waals surface area contributed by atoms with E-state index < -0.39 is 41.9 Å². The summed E-state index contributed by atoms with van der Waals surface area (Å²) in [6.45, 7) is 0.128. The minimum Gasteiger partial charge on any atom is -0.508 e. The van der Waals surface area contributed by atoms with Gasteiger partial charge >= 0.3 is 6.09 Å². The number of carbonyl (C=O) groups excluding carboxylic acids is 5. The smallest absolute Gasteiger partial charge is 0.407 e. The van der Waals surface area contributed by atoms with Gasteiger partial charge in [0.05, 0.1) is 6.54 Å². The standard InChI is InChI=1S/C41H43N5O7/c47-28-19-17-27(18-20-28)23-35-38(49)43-24-37(48)42-21-9-8-16-34(39(50)45-35)44-40(51)36(22-26-10-2-1-3-11-26)46-41(52)53-25-33-31-14-6-4-12-29(31)30-13-5-7-15-32(30)33/h1-7,10-15,17-20,33-36,47H,8-9,16,21-25H2,(H,42,48)(H,43,49)(H,44,51)(H,45,50)(H,46,52)/t34-,35-,36-/m0/s1. The van der Waals surface area contributed by atoms with Crippen molar-refractivity contribution >= 4 is 29.7 Å². The summed E-state index contributed by atoms with van der Waals surface area (Å²) in [6.07, 6.45) is 0.643. The highest BCUT2D eigenvalue weighted by Gasteiger charge is 2.32. The fourth-order valence-corrected chi connectivity index (χ4v) is 6.79. The number of phenols is 1. The summed E-state index contributed by atoms with van der Waals surface area (Å²) in [7, 11) is 0. The summed E-state index contributed by atoms with van der Waals surface area (Å²) in [4.78, 5) is 66.8. The Labute approximate surface area is 307 Å². The van der Waals surface area contributed by atoms with E-state index >= 15 is 0 Å². The van der Waals surface area contributed by atoms with Gasteiger partial charge < -0.3 is 36.4 Å². The van der Waals surface area contributed by atoms with E-state index in [-0.39, 0.29) is 50.0 Å². The lowest BCUT2D eigenvalue weighted by Gasteiger charge is -2.25. The maximum Gasteiger partial charge on any atom is 0.407 e. The van der Waals surface area contributed by atoms with Gasteiger partial charge in [0.15, 0.2) is 0 Å². The Bertz CT molecular complexity index is 1890. The van der Waals surface area contributed by atoms with Crippen LogP contribution >= 0.6 is 0 Å². The fourth-order valence-electron chi connectivity index (χ4n) is 6.79. The molecule has 6 N–H and O–H groups in total. The van der Waals surface area contributed by atoms with Crippen molar-refractivity contribution < 1.29 is 33.8 Å². The van der Waals surface area contributed by atoms with Gasteiger partial charge in [0.1, 0.15) is 30.5 Å². The largest absolute Gasteiger partial charge is 0.508 e. The van der Waals surface area contributed by atoms with E-state index in [1.54, 1.807) is 12.1 Å². The van der Waals surface area contributed by atoms with E-state index in [0.29, 0.717) is 24.9 Å². The third kappa shape index (κ3) is 9.59. The van der Waals surface area contributed by atoms with Gasteiger partial charge in [-0.15, -0.1) is 0 Å². The predicted molar refractivity (Wildman–Crippen MR) is 198 cm³/mol. The zero-order valence-electron chi connectivity index (χ0n) is 29.2. The van der Waals surface area contributed by atoms with Crippen molar-refractivity contribution in [2.45, 2.75) is 56.1 Å². The SMILES string of the molecule is O=C1CNC(=O)[C@H](Cc2ccc(O)cc2)NC(=O)[C@@H](NC(=O)[C@H](Cc2ccccc2)NC(=O)OCC2c3ccccc3-c3ccccc32)CCCCN1. The number of nitrogens with one attached hydrogen (secondary N) is 5. The summed E-state index contributed by atoms with van der Waals surface area (Å²) < 4.78 is 5.77. The number of benzene rings is 4. The minimum atomic E-state index is -1.10. The maximum atomic E-state index is 14.0. The van der Waals surface area contributed by atoms with Crippen LogP contribution in [-0.2, 0) is 36.8 Å². The highest BCUT2D eigenvalue weighted by atomic mass is 16.5. The molecule has 53 heavy (non-hydrogen) atoms. The minimum absolute atomic E-state index is 0.0494. The number of fused-ring (bicyclic) bond motifs is 3. The van der Waals surface area contributed by atoms with E-state index in [9.17, 15) is 29.1 Å². The van der Waals surface area contributed by atoms with Crippen LogP contribution in [0, 0.1) is 0 Å². The molecule has 274 valence electrons. The molecule has 1 aliphatic heterocycles. The number of hydrogen-bond acceptors (Lipinski definition) is 7. The first-order valence-corrected chi connectivity index (χ1v) is 17.8. The molecule has 0 unspecified atom stereocenters. The van der Waals surface area contributed by atoms with E-state index in [2.05, 4.69) is 26.6 Å². The zero-order valence-corrected chi connectivity index (χ0v) is 29.2. The lowest BCUT2D eigenvalue weighted by atomic mass is 9.98. The van der Waals surface area contributed by atoms with Crippen molar-refractivity contribution in [1.82, 2.24) is 26.6 Å². The van der Waals surface area contributed by atoms with Crippen LogP contribution in [0.5, 0.6) is 5.75 Å². The van der Waals surface area contributed by atoms with Gasteiger partial charge in [-0.1, -0.05) is 91.0 Å². The van der Waals surface area contributed by atoms with Crippen LogP contribution in [-0.4, -0.2) is 72.7 Å². The van der Waals surface area contributed by atoms with Crippen LogP contribution < -0.4 is 26.6 Å². The van der Waals surface area contributed by atoms with Gasteiger partial charge in [0.25, 0.3) is 0 Å². The van der Waals surface area contributed by atoms with Crippen LogP contribution in [0.3, 0.4) is 0 Å². The molecular formula is C41H43N5O7. The van der Waals surface area contributed by atoms with Crippen molar-refractivity contribution in [3.05, 3.63) is 125 Å². The first-order chi connectivity index (χ1) is 25.7. The van der Waals surface area contributed by atoms with Crippen LogP contribution in [0.15, 0.2) is 103 Å². The lowest BCUT2D eigenvalue weighted by molar-refractivity contribution is -0.133. The molecule has 12 nitrogen and oxygen atoms in total. The molecule has 0 aromatic heterocycles. The maximum absolute atomic E-state index is 14.0. The van der Waals surface area contributed by atoms with Gasteiger partial charge in [-0.05, 0) is 64.8 Å². The molecule has 0 spiro atoms. The number of aromatic hydroxyl groups is 1. The summed E-state index contributed by atoms with van der Waals surface area (Å²) in [6, 6.07) is 28.2. The van der Waals surface area contributed by atoms with Gasteiger partial charge in [0, 0.05) is 25.3 Å². The highest BCUT2D eigenvalue weighted by molar-refractivity contribution is 5.95. The number of hydrogen-bond donors (Lipinski definition) is 6. The van der Waals surface area contributed by atoms with Crippen LogP contribution in [0.25, 0.3) is 11.1 Å². The van der Waals surface area contributed by atoms with E-state index in [1.165, 1.54) is 12.1 Å². The molecule has 4 aromatic rings. The molecule has 0 bridgehead atoms. The molecule has 1 saturated heterocycles.